The van der Waals surface area contributed by atoms with E-state index in [2.05, 4.69) is 20.8 Å². The Morgan fingerprint density at radius 1 is 1.30 bits per heavy atom. The van der Waals surface area contributed by atoms with Gasteiger partial charge in [0.1, 0.15) is 5.60 Å². The van der Waals surface area contributed by atoms with Crippen molar-refractivity contribution in [2.45, 2.75) is 64.1 Å². The molecule has 1 heterocycles. The van der Waals surface area contributed by atoms with Crippen LogP contribution in [-0.2, 0) is 4.74 Å². The van der Waals surface area contributed by atoms with Crippen LogP contribution in [0.1, 0.15) is 46.5 Å². The van der Waals surface area contributed by atoms with Crippen molar-refractivity contribution < 1.29 is 9.53 Å². The van der Waals surface area contributed by atoms with E-state index >= 15 is 0 Å². The zero-order valence-corrected chi connectivity index (χ0v) is 12.4. The van der Waals surface area contributed by atoms with Crippen molar-refractivity contribution in [3.8, 4) is 0 Å². The van der Waals surface area contributed by atoms with Crippen LogP contribution >= 0.6 is 0 Å². The maximum atomic E-state index is 11.7. The number of aromatic nitrogens is 2. The van der Waals surface area contributed by atoms with Crippen LogP contribution in [0.5, 0.6) is 0 Å². The number of nitrogens with one attached hydrogen (secondary N) is 3. The van der Waals surface area contributed by atoms with E-state index in [9.17, 15) is 4.79 Å². The van der Waals surface area contributed by atoms with Gasteiger partial charge in [-0.15, -0.1) is 0 Å². The summed E-state index contributed by atoms with van der Waals surface area (Å²) in [6, 6.07) is 0.663. The molecule has 1 aromatic rings. The summed E-state index contributed by atoms with van der Waals surface area (Å²) < 4.78 is 5.27. The topological polar surface area (TPSA) is 79.0 Å². The number of carbonyl (C=O) groups is 1. The highest BCUT2D eigenvalue weighted by Crippen LogP contribution is 2.22. The minimum atomic E-state index is -0.440. The number of carbonyl (C=O) groups excluding carboxylic acids is 1. The molecule has 1 aliphatic carbocycles. The van der Waals surface area contributed by atoms with Gasteiger partial charge >= 0.3 is 6.09 Å². The largest absolute Gasteiger partial charge is 0.444 e. The van der Waals surface area contributed by atoms with E-state index < -0.39 is 5.60 Å². The van der Waals surface area contributed by atoms with Gasteiger partial charge in [0.25, 0.3) is 0 Å². The summed E-state index contributed by atoms with van der Waals surface area (Å²) in [5.74, 6) is 0. The summed E-state index contributed by atoms with van der Waals surface area (Å²) in [6.45, 7) is 5.62. The fraction of sp³-hybridized carbons (Fsp3) is 0.714. The summed E-state index contributed by atoms with van der Waals surface area (Å²) in [4.78, 5) is 11.7. The lowest BCUT2D eigenvalue weighted by molar-refractivity contribution is 0.0492. The van der Waals surface area contributed by atoms with E-state index in [1.165, 1.54) is 0 Å². The molecule has 1 aromatic heterocycles. The number of hydrogen-bond acceptors (Lipinski definition) is 4. The van der Waals surface area contributed by atoms with Crippen molar-refractivity contribution >= 4 is 11.8 Å². The first-order valence-corrected chi connectivity index (χ1v) is 7.17. The fourth-order valence-corrected chi connectivity index (χ4v) is 2.42. The number of alkyl carbamates (subject to hydrolysis) is 1. The molecule has 112 valence electrons. The molecule has 3 N–H and O–H groups in total. The second-order valence-electron chi connectivity index (χ2n) is 6.33. The van der Waals surface area contributed by atoms with Crippen molar-refractivity contribution in [1.82, 2.24) is 15.5 Å². The Morgan fingerprint density at radius 3 is 2.50 bits per heavy atom. The Balaban J connectivity index is 1.70. The molecule has 0 aromatic carbocycles. The Hall–Kier alpha value is -1.72. The molecular formula is C14H24N4O2. The maximum absolute atomic E-state index is 11.7. The van der Waals surface area contributed by atoms with Crippen LogP contribution in [0.15, 0.2) is 12.4 Å². The number of ether oxygens (including phenoxy) is 1. The van der Waals surface area contributed by atoms with Crippen LogP contribution in [0.3, 0.4) is 0 Å². The first kappa shape index (κ1) is 14.7. The summed E-state index contributed by atoms with van der Waals surface area (Å²) >= 11 is 0. The molecule has 6 heteroatoms. The number of nitrogens with zero attached hydrogens (tertiary/aromatic N) is 1. The lowest BCUT2D eigenvalue weighted by Gasteiger charge is -2.30. The second-order valence-corrected chi connectivity index (χ2v) is 6.33. The van der Waals surface area contributed by atoms with Gasteiger partial charge in [0.15, 0.2) is 0 Å². The van der Waals surface area contributed by atoms with Crippen molar-refractivity contribution in [3.05, 3.63) is 12.4 Å². The number of anilines is 1. The third-order valence-corrected chi connectivity index (χ3v) is 3.32. The predicted octanol–water partition coefficient (Wildman–Crippen LogP) is 2.66. The lowest BCUT2D eigenvalue weighted by atomic mass is 9.91. The Morgan fingerprint density at radius 2 is 1.95 bits per heavy atom. The lowest BCUT2D eigenvalue weighted by Crippen LogP contribution is -2.42. The molecule has 0 radical (unpaired) electrons. The first-order valence-electron chi connectivity index (χ1n) is 7.17. The maximum Gasteiger partial charge on any atom is 0.407 e. The zero-order valence-electron chi connectivity index (χ0n) is 12.4. The van der Waals surface area contributed by atoms with Crippen molar-refractivity contribution in [1.29, 1.82) is 0 Å². The highest BCUT2D eigenvalue weighted by Gasteiger charge is 2.24. The number of H-pyrrole nitrogens is 1. The molecule has 1 fully saturated rings. The van der Waals surface area contributed by atoms with E-state index in [1.54, 1.807) is 6.20 Å². The summed E-state index contributed by atoms with van der Waals surface area (Å²) in [6.07, 6.45) is 7.32. The van der Waals surface area contributed by atoms with Crippen LogP contribution in [0.2, 0.25) is 0 Å². The quantitative estimate of drug-likeness (QED) is 0.795. The van der Waals surface area contributed by atoms with Crippen LogP contribution in [-0.4, -0.2) is 34.0 Å². The van der Waals surface area contributed by atoms with Gasteiger partial charge in [-0.2, -0.15) is 5.10 Å². The average molecular weight is 280 g/mol. The van der Waals surface area contributed by atoms with Gasteiger partial charge < -0.3 is 15.4 Å². The number of rotatable bonds is 3. The molecule has 20 heavy (non-hydrogen) atoms. The van der Waals surface area contributed by atoms with Crippen molar-refractivity contribution in [2.75, 3.05) is 5.32 Å². The first-order chi connectivity index (χ1) is 9.42. The van der Waals surface area contributed by atoms with E-state index in [1.807, 2.05) is 27.0 Å². The molecule has 2 rings (SSSR count). The molecule has 0 unspecified atom stereocenters. The minimum Gasteiger partial charge on any atom is -0.444 e. The van der Waals surface area contributed by atoms with Gasteiger partial charge in [-0.25, -0.2) is 4.79 Å². The molecule has 1 amide bonds. The molecule has 6 nitrogen and oxygen atoms in total. The number of hydrogen-bond donors (Lipinski definition) is 3. The Kier molecular flexibility index (Phi) is 4.52. The van der Waals surface area contributed by atoms with Crippen LogP contribution in [0.25, 0.3) is 0 Å². The standard InChI is InChI=1S/C14H24N4O2/c1-14(2,3)20-13(19)18-11-6-4-10(5-7-11)17-12-8-15-16-9-12/h8-11,17H,4-7H2,1-3H3,(H,15,16)(H,18,19). The molecule has 0 saturated heterocycles. The molecule has 0 atom stereocenters. The van der Waals surface area contributed by atoms with Crippen LogP contribution < -0.4 is 10.6 Å². The SMILES string of the molecule is CC(C)(C)OC(=O)NC1CCC(Nc2cn[nH]c2)CC1. The predicted molar refractivity (Wildman–Crippen MR) is 77.6 cm³/mol. The molecule has 1 saturated carbocycles. The van der Waals surface area contributed by atoms with Crippen molar-refractivity contribution in [2.24, 2.45) is 0 Å². The average Bonchev–Trinajstić information content (AvgIpc) is 2.82. The Labute approximate surface area is 119 Å². The van der Waals surface area contributed by atoms with E-state index in [-0.39, 0.29) is 12.1 Å². The highest BCUT2D eigenvalue weighted by atomic mass is 16.6. The Bertz CT molecular complexity index is 417. The number of aromatic amines is 1. The van der Waals surface area contributed by atoms with E-state index in [0.29, 0.717) is 6.04 Å². The van der Waals surface area contributed by atoms with Crippen LogP contribution in [0, 0.1) is 0 Å². The minimum absolute atomic E-state index is 0.215. The molecular weight excluding hydrogens is 256 g/mol. The second kappa shape index (κ2) is 6.15. The van der Waals surface area contributed by atoms with Gasteiger partial charge in [0, 0.05) is 18.3 Å². The van der Waals surface area contributed by atoms with Gasteiger partial charge in [-0.3, -0.25) is 5.10 Å². The summed E-state index contributed by atoms with van der Waals surface area (Å²) in [5, 5.41) is 13.1. The van der Waals surface area contributed by atoms with E-state index in [4.69, 9.17) is 4.74 Å². The normalized spacial score (nSPS) is 23.1. The fourth-order valence-electron chi connectivity index (χ4n) is 2.42. The van der Waals surface area contributed by atoms with Crippen molar-refractivity contribution in [3.63, 3.8) is 0 Å². The van der Waals surface area contributed by atoms with Gasteiger partial charge in [0.2, 0.25) is 0 Å². The third kappa shape index (κ3) is 4.75. The third-order valence-electron chi connectivity index (χ3n) is 3.32. The summed E-state index contributed by atoms with van der Waals surface area (Å²) in [7, 11) is 0. The van der Waals surface area contributed by atoms with E-state index in [0.717, 1.165) is 31.4 Å². The monoisotopic (exact) mass is 280 g/mol. The zero-order chi connectivity index (χ0) is 14.6. The smallest absolute Gasteiger partial charge is 0.407 e. The number of amides is 1. The highest BCUT2D eigenvalue weighted by molar-refractivity contribution is 5.68. The van der Waals surface area contributed by atoms with Gasteiger partial charge in [0.05, 0.1) is 11.9 Å². The molecule has 0 bridgehead atoms. The molecule has 0 aliphatic heterocycles. The molecule has 1 aliphatic rings. The van der Waals surface area contributed by atoms with Gasteiger partial charge in [-0.05, 0) is 46.5 Å². The van der Waals surface area contributed by atoms with Crippen LogP contribution in [0.4, 0.5) is 10.5 Å². The summed E-state index contributed by atoms with van der Waals surface area (Å²) in [5.41, 5.74) is 0.581. The van der Waals surface area contributed by atoms with Gasteiger partial charge in [-0.1, -0.05) is 0 Å². The molecule has 0 spiro atoms.